The minimum absolute atomic E-state index is 0.119. The zero-order chi connectivity index (χ0) is 14.1. The van der Waals surface area contributed by atoms with Crippen LogP contribution >= 0.6 is 0 Å². The molecule has 0 aromatic heterocycles. The van der Waals surface area contributed by atoms with Crippen molar-refractivity contribution in [2.24, 2.45) is 0 Å². The number of halogens is 1. The van der Waals surface area contributed by atoms with Crippen molar-refractivity contribution in [2.45, 2.75) is 12.7 Å². The van der Waals surface area contributed by atoms with E-state index in [0.717, 1.165) is 6.07 Å². The number of hydrogen-bond acceptors (Lipinski definition) is 6. The average Bonchev–Trinajstić information content (AvgIpc) is 2.18. The molecule has 0 spiro atoms. The molecule has 0 aliphatic carbocycles. The molecule has 0 saturated heterocycles. The second-order valence-corrected chi connectivity index (χ2v) is 4.81. The molecule has 18 heavy (non-hydrogen) atoms. The first-order chi connectivity index (χ1) is 8.11. The number of nitro benzene ring substituents is 2. The van der Waals surface area contributed by atoms with Crippen LogP contribution in [0.2, 0.25) is 0 Å². The van der Waals surface area contributed by atoms with Gasteiger partial charge in [0.15, 0.2) is 0 Å². The third-order valence-corrected chi connectivity index (χ3v) is 2.86. The number of nitro groups is 2. The first kappa shape index (κ1) is 14.0. The fraction of sp³-hybridized carbons (Fsp3) is 0.250. The molecule has 1 rings (SSSR count). The fourth-order valence-corrected chi connectivity index (χ4v) is 2.04. The van der Waals surface area contributed by atoms with E-state index in [0.29, 0.717) is 6.07 Å². The van der Waals surface area contributed by atoms with Crippen molar-refractivity contribution < 1.29 is 22.2 Å². The van der Waals surface area contributed by atoms with Crippen molar-refractivity contribution in [3.8, 4) is 0 Å². The van der Waals surface area contributed by atoms with Gasteiger partial charge in [0.2, 0.25) is 0 Å². The van der Waals surface area contributed by atoms with Gasteiger partial charge in [0.1, 0.15) is 5.75 Å². The first-order valence-electron chi connectivity index (χ1n) is 4.46. The lowest BCUT2D eigenvalue weighted by Crippen LogP contribution is -2.03. The molecule has 0 unspecified atom stereocenters. The number of hydrogen-bond donors (Lipinski definition) is 0. The van der Waals surface area contributed by atoms with Crippen molar-refractivity contribution in [3.63, 3.8) is 0 Å². The summed E-state index contributed by atoms with van der Waals surface area (Å²) in [5.41, 5.74) is -1.71. The molecule has 0 atom stereocenters. The van der Waals surface area contributed by atoms with Gasteiger partial charge in [0.05, 0.1) is 15.9 Å². The summed E-state index contributed by atoms with van der Waals surface area (Å²) in [5.74, 6) is -1.14. The maximum Gasteiger partial charge on any atom is 0.306 e. The van der Waals surface area contributed by atoms with Gasteiger partial charge >= 0.3 is 10.2 Å². The molecule has 0 heterocycles. The molecule has 98 valence electrons. The Kier molecular flexibility index (Phi) is 3.60. The molecule has 1 aromatic rings. The summed E-state index contributed by atoms with van der Waals surface area (Å²) in [6, 6.07) is 1.50. The molecule has 1 aromatic carbocycles. The highest BCUT2D eigenvalue weighted by Gasteiger charge is 2.23. The third kappa shape index (κ3) is 3.20. The Hall–Kier alpha value is -2.10. The molecule has 8 nitrogen and oxygen atoms in total. The Labute approximate surface area is 101 Å². The molecule has 0 amide bonds. The minimum atomic E-state index is -4.93. The largest absolute Gasteiger partial charge is 0.306 e. The van der Waals surface area contributed by atoms with Crippen molar-refractivity contribution in [3.05, 3.63) is 43.5 Å². The maximum absolute atomic E-state index is 12.6. The van der Waals surface area contributed by atoms with Crippen LogP contribution in [0.3, 0.4) is 0 Å². The van der Waals surface area contributed by atoms with Crippen molar-refractivity contribution in [2.75, 3.05) is 0 Å². The highest BCUT2D eigenvalue weighted by molar-refractivity contribution is 7.85. The molecule has 0 fully saturated rings. The van der Waals surface area contributed by atoms with Gasteiger partial charge in [0.25, 0.3) is 11.4 Å². The van der Waals surface area contributed by atoms with Gasteiger partial charge in [0, 0.05) is 11.6 Å². The van der Waals surface area contributed by atoms with Crippen LogP contribution < -0.4 is 0 Å². The summed E-state index contributed by atoms with van der Waals surface area (Å²) < 4.78 is 33.6. The monoisotopic (exact) mass is 278 g/mol. The van der Waals surface area contributed by atoms with E-state index in [1.54, 1.807) is 0 Å². The predicted octanol–water partition coefficient (Wildman–Crippen LogP) is 1.61. The van der Waals surface area contributed by atoms with Gasteiger partial charge < -0.3 is 0 Å². The lowest BCUT2D eigenvalue weighted by atomic mass is 10.1. The van der Waals surface area contributed by atoms with Gasteiger partial charge in [-0.1, -0.05) is 0 Å². The highest BCUT2D eigenvalue weighted by Crippen LogP contribution is 2.29. The Morgan fingerprint density at radius 3 is 2.17 bits per heavy atom. The van der Waals surface area contributed by atoms with E-state index >= 15 is 0 Å². The van der Waals surface area contributed by atoms with Crippen molar-refractivity contribution >= 4 is 21.6 Å². The van der Waals surface area contributed by atoms with Gasteiger partial charge in [-0.2, -0.15) is 8.42 Å². The molecule has 0 radical (unpaired) electrons. The molecular weight excluding hydrogens is 271 g/mol. The number of benzene rings is 1. The van der Waals surface area contributed by atoms with Gasteiger partial charge in [-0.3, -0.25) is 20.2 Å². The SMILES string of the molecule is Cc1c(CS(=O)(=O)F)cc([N+](=O)[O-])cc1[N+](=O)[O-]. The number of non-ortho nitro benzene ring substituents is 1. The van der Waals surface area contributed by atoms with Gasteiger partial charge in [-0.25, -0.2) is 0 Å². The highest BCUT2D eigenvalue weighted by atomic mass is 32.3. The van der Waals surface area contributed by atoms with Crippen LogP contribution in [0.15, 0.2) is 12.1 Å². The van der Waals surface area contributed by atoms with Crippen LogP contribution in [0.25, 0.3) is 0 Å². The molecule has 0 aliphatic rings. The van der Waals surface area contributed by atoms with Crippen LogP contribution in [0, 0.1) is 27.2 Å². The lowest BCUT2D eigenvalue weighted by molar-refractivity contribution is -0.394. The summed E-state index contributed by atoms with van der Waals surface area (Å²) >= 11 is 0. The van der Waals surface area contributed by atoms with E-state index in [-0.39, 0.29) is 11.1 Å². The fourth-order valence-electron chi connectivity index (χ4n) is 1.37. The molecular formula is C8H7FN2O6S. The summed E-state index contributed by atoms with van der Waals surface area (Å²) in [5, 5.41) is 21.2. The standard InChI is InChI=1S/C8H7FN2O6S/c1-5-6(4-18(9,16)17)2-7(10(12)13)3-8(5)11(14)15/h2-3H,4H2,1H3. The summed E-state index contributed by atoms with van der Waals surface area (Å²) in [7, 11) is -4.93. The third-order valence-electron chi connectivity index (χ3n) is 2.21. The summed E-state index contributed by atoms with van der Waals surface area (Å²) in [6.07, 6.45) is 0. The number of nitrogens with zero attached hydrogens (tertiary/aromatic N) is 2. The van der Waals surface area contributed by atoms with E-state index in [4.69, 9.17) is 0 Å². The topological polar surface area (TPSA) is 120 Å². The van der Waals surface area contributed by atoms with Crippen LogP contribution in [0.5, 0.6) is 0 Å². The first-order valence-corrected chi connectivity index (χ1v) is 6.01. The van der Waals surface area contributed by atoms with E-state index in [9.17, 15) is 32.5 Å². The Morgan fingerprint density at radius 2 is 1.78 bits per heavy atom. The second-order valence-electron chi connectivity index (χ2n) is 3.45. The van der Waals surface area contributed by atoms with Crippen molar-refractivity contribution in [1.82, 2.24) is 0 Å². The second kappa shape index (κ2) is 4.64. The van der Waals surface area contributed by atoms with Gasteiger partial charge in [-0.15, -0.1) is 3.89 Å². The number of rotatable bonds is 4. The van der Waals surface area contributed by atoms with Crippen LogP contribution in [0.1, 0.15) is 11.1 Å². The molecule has 0 saturated carbocycles. The molecule has 10 heteroatoms. The van der Waals surface area contributed by atoms with Crippen LogP contribution in [-0.2, 0) is 16.0 Å². The lowest BCUT2D eigenvalue weighted by Gasteiger charge is -2.04. The quantitative estimate of drug-likeness (QED) is 0.468. The van der Waals surface area contributed by atoms with E-state index in [1.807, 2.05) is 0 Å². The van der Waals surface area contributed by atoms with E-state index in [2.05, 4.69) is 0 Å². The zero-order valence-electron chi connectivity index (χ0n) is 8.99. The Bertz CT molecular complexity index is 627. The van der Waals surface area contributed by atoms with Gasteiger partial charge in [-0.05, 0) is 12.5 Å². The van der Waals surface area contributed by atoms with E-state index < -0.39 is 37.2 Å². The summed E-state index contributed by atoms with van der Waals surface area (Å²) in [4.78, 5) is 19.4. The average molecular weight is 278 g/mol. The van der Waals surface area contributed by atoms with Crippen molar-refractivity contribution in [1.29, 1.82) is 0 Å². The Balaban J connectivity index is 3.50. The Morgan fingerprint density at radius 1 is 1.22 bits per heavy atom. The normalized spacial score (nSPS) is 11.2. The minimum Gasteiger partial charge on any atom is -0.258 e. The zero-order valence-corrected chi connectivity index (χ0v) is 9.81. The van der Waals surface area contributed by atoms with Crippen LogP contribution in [-0.4, -0.2) is 18.3 Å². The summed E-state index contributed by atoms with van der Waals surface area (Å²) in [6.45, 7) is 1.20. The van der Waals surface area contributed by atoms with Crippen LogP contribution in [0.4, 0.5) is 15.3 Å². The molecule has 0 bridgehead atoms. The maximum atomic E-state index is 12.6. The van der Waals surface area contributed by atoms with E-state index in [1.165, 1.54) is 6.92 Å². The molecule has 0 N–H and O–H groups in total. The predicted molar refractivity (Wildman–Crippen MR) is 58.2 cm³/mol. The molecule has 0 aliphatic heterocycles. The smallest absolute Gasteiger partial charge is 0.258 e.